The molecule has 36 heavy (non-hydrogen) atoms. The van der Waals surface area contributed by atoms with Crippen molar-refractivity contribution in [1.82, 2.24) is 8.87 Å². The largest absolute Gasteiger partial charge is 0.497 e. The number of nitrogens with zero attached hydrogens (tertiary/aromatic N) is 2. The number of hydrogen-bond acceptors (Lipinski definition) is 5. The van der Waals surface area contributed by atoms with Crippen LogP contribution >= 0.6 is 0 Å². The van der Waals surface area contributed by atoms with Gasteiger partial charge in [0.15, 0.2) is 0 Å². The Morgan fingerprint density at radius 2 is 1.61 bits per heavy atom. The van der Waals surface area contributed by atoms with Crippen LogP contribution in [0.15, 0.2) is 88.7 Å². The summed E-state index contributed by atoms with van der Waals surface area (Å²) >= 11 is 0. The lowest BCUT2D eigenvalue weighted by molar-refractivity contribution is 0.102. The zero-order valence-corrected chi connectivity index (χ0v) is 21.1. The molecule has 0 bridgehead atoms. The van der Waals surface area contributed by atoms with Gasteiger partial charge in [-0.3, -0.25) is 14.2 Å². The van der Waals surface area contributed by atoms with Crippen LogP contribution in [-0.4, -0.2) is 43.4 Å². The predicted octanol–water partition coefficient (Wildman–Crippen LogP) is 4.28. The Labute approximate surface area is 209 Å². The first kappa shape index (κ1) is 25.2. The lowest BCUT2D eigenvalue weighted by atomic mass is 10.1. The van der Waals surface area contributed by atoms with Crippen molar-refractivity contribution in [3.63, 3.8) is 0 Å². The van der Waals surface area contributed by atoms with Crippen LogP contribution in [0.4, 0.5) is 5.69 Å². The van der Waals surface area contributed by atoms with Gasteiger partial charge >= 0.3 is 0 Å². The molecule has 0 spiro atoms. The average molecular weight is 506 g/mol. The monoisotopic (exact) mass is 505 g/mol. The van der Waals surface area contributed by atoms with Crippen molar-refractivity contribution in [2.45, 2.75) is 18.7 Å². The van der Waals surface area contributed by atoms with Crippen molar-refractivity contribution >= 4 is 32.4 Å². The molecule has 0 radical (unpaired) electrons. The van der Waals surface area contributed by atoms with Crippen LogP contribution in [0.25, 0.3) is 16.5 Å². The predicted molar refractivity (Wildman–Crippen MR) is 141 cm³/mol. The van der Waals surface area contributed by atoms with Crippen molar-refractivity contribution in [2.24, 2.45) is 0 Å². The molecule has 0 unspecified atom stereocenters. The second-order valence-electron chi connectivity index (χ2n) is 8.03. The molecule has 0 saturated carbocycles. The summed E-state index contributed by atoms with van der Waals surface area (Å²) in [4.78, 5) is 26.7. The van der Waals surface area contributed by atoms with Gasteiger partial charge < -0.3 is 10.1 Å². The number of amides is 1. The van der Waals surface area contributed by atoms with Crippen LogP contribution in [0.1, 0.15) is 24.2 Å². The maximum Gasteiger partial charge on any atom is 0.262 e. The topological polar surface area (TPSA) is 97.7 Å². The van der Waals surface area contributed by atoms with Crippen LogP contribution in [0.5, 0.6) is 5.75 Å². The fourth-order valence-electron chi connectivity index (χ4n) is 4.05. The summed E-state index contributed by atoms with van der Waals surface area (Å²) in [7, 11) is -2.06. The van der Waals surface area contributed by atoms with Crippen LogP contribution in [0.3, 0.4) is 0 Å². The quantitative estimate of drug-likeness (QED) is 0.385. The molecular weight excluding hydrogens is 478 g/mol. The van der Waals surface area contributed by atoms with Gasteiger partial charge in [0.1, 0.15) is 5.75 Å². The molecule has 9 heteroatoms. The number of carbonyl (C=O) groups excluding carboxylic acids is 1. The Morgan fingerprint density at radius 1 is 0.944 bits per heavy atom. The first-order chi connectivity index (χ1) is 17.3. The molecule has 1 amide bonds. The molecule has 0 fully saturated rings. The molecule has 1 N–H and O–H groups in total. The first-order valence-corrected chi connectivity index (χ1v) is 12.9. The van der Waals surface area contributed by atoms with Gasteiger partial charge in [-0.15, -0.1) is 0 Å². The molecule has 4 rings (SSSR count). The second kappa shape index (κ2) is 10.3. The zero-order valence-electron chi connectivity index (χ0n) is 20.3. The number of rotatable bonds is 8. The van der Waals surface area contributed by atoms with E-state index < -0.39 is 15.9 Å². The SMILES string of the molecule is CCN(CC)S(=O)(=O)c1ccc(NC(=O)c2cn(-c3cccc(OC)c3)c(=O)c3ccccc23)cc1. The number of hydrogen-bond donors (Lipinski definition) is 1. The highest BCUT2D eigenvalue weighted by Crippen LogP contribution is 2.23. The maximum absolute atomic E-state index is 13.4. The summed E-state index contributed by atoms with van der Waals surface area (Å²) in [5.74, 6) is 0.153. The van der Waals surface area contributed by atoms with Crippen molar-refractivity contribution in [3.8, 4) is 11.4 Å². The standard InChI is InChI=1S/C27H27N3O5S/c1-4-29(5-2)36(33,34)22-15-13-19(14-16-22)28-26(31)25-18-30(20-9-8-10-21(17-20)35-3)27(32)24-12-7-6-11-23(24)25/h6-18H,4-5H2,1-3H3,(H,28,31). The summed E-state index contributed by atoms with van der Waals surface area (Å²) in [6.45, 7) is 4.30. The second-order valence-corrected chi connectivity index (χ2v) is 9.97. The highest BCUT2D eigenvalue weighted by Gasteiger charge is 2.22. The summed E-state index contributed by atoms with van der Waals surface area (Å²) in [5, 5.41) is 3.73. The number of methoxy groups -OCH3 is 1. The summed E-state index contributed by atoms with van der Waals surface area (Å²) in [6.07, 6.45) is 1.51. The molecule has 1 aromatic heterocycles. The molecule has 0 saturated heterocycles. The van der Waals surface area contributed by atoms with Gasteiger partial charge in [0.25, 0.3) is 11.5 Å². The first-order valence-electron chi connectivity index (χ1n) is 11.5. The highest BCUT2D eigenvalue weighted by molar-refractivity contribution is 7.89. The minimum atomic E-state index is -3.60. The van der Waals surface area contributed by atoms with E-state index in [1.54, 1.807) is 81.6 Å². The van der Waals surface area contributed by atoms with Gasteiger partial charge in [-0.2, -0.15) is 4.31 Å². The molecular formula is C27H27N3O5S. The third-order valence-electron chi connectivity index (χ3n) is 5.96. The Morgan fingerprint density at radius 3 is 2.25 bits per heavy atom. The van der Waals surface area contributed by atoms with Gasteiger partial charge in [-0.1, -0.05) is 38.1 Å². The van der Waals surface area contributed by atoms with E-state index in [1.165, 1.54) is 27.2 Å². The molecule has 0 atom stereocenters. The normalized spacial score (nSPS) is 11.6. The summed E-state index contributed by atoms with van der Waals surface area (Å²) < 4.78 is 33.6. The van der Waals surface area contributed by atoms with Crippen molar-refractivity contribution in [2.75, 3.05) is 25.5 Å². The molecule has 0 aliphatic rings. The Hall–Kier alpha value is -3.95. The van der Waals surface area contributed by atoms with E-state index in [0.717, 1.165) is 0 Å². The highest BCUT2D eigenvalue weighted by atomic mass is 32.2. The molecule has 8 nitrogen and oxygen atoms in total. The van der Waals surface area contributed by atoms with Crippen LogP contribution in [-0.2, 0) is 10.0 Å². The summed E-state index contributed by atoms with van der Waals surface area (Å²) in [5.41, 5.74) is 1.03. The molecule has 1 heterocycles. The number of pyridine rings is 1. The lowest BCUT2D eigenvalue weighted by Crippen LogP contribution is -2.30. The zero-order chi connectivity index (χ0) is 25.9. The van der Waals surface area contributed by atoms with Gasteiger partial charge in [0, 0.05) is 41.8 Å². The van der Waals surface area contributed by atoms with E-state index in [1.807, 2.05) is 0 Å². The van der Waals surface area contributed by atoms with E-state index in [9.17, 15) is 18.0 Å². The Kier molecular flexibility index (Phi) is 7.23. The van der Waals surface area contributed by atoms with Crippen molar-refractivity contribution < 1.29 is 17.9 Å². The molecule has 3 aromatic carbocycles. The van der Waals surface area contributed by atoms with E-state index in [-0.39, 0.29) is 10.5 Å². The van der Waals surface area contributed by atoms with E-state index in [0.29, 0.717) is 46.5 Å². The molecule has 0 aliphatic carbocycles. The third-order valence-corrected chi connectivity index (χ3v) is 8.02. The maximum atomic E-state index is 13.4. The lowest BCUT2D eigenvalue weighted by Gasteiger charge is -2.18. The number of nitrogens with one attached hydrogen (secondary N) is 1. The van der Waals surface area contributed by atoms with Crippen LogP contribution in [0, 0.1) is 0 Å². The minimum Gasteiger partial charge on any atom is -0.497 e. The fourth-order valence-corrected chi connectivity index (χ4v) is 5.50. The Balaban J connectivity index is 1.72. The summed E-state index contributed by atoms with van der Waals surface area (Å²) in [6, 6.07) is 20.0. The number of ether oxygens (including phenoxy) is 1. The smallest absolute Gasteiger partial charge is 0.262 e. The minimum absolute atomic E-state index is 0.154. The van der Waals surface area contributed by atoms with Crippen LogP contribution < -0.4 is 15.6 Å². The van der Waals surface area contributed by atoms with Crippen molar-refractivity contribution in [3.05, 3.63) is 94.9 Å². The molecule has 186 valence electrons. The molecule has 4 aromatic rings. The Bertz CT molecular complexity index is 1570. The van der Waals surface area contributed by atoms with E-state index in [4.69, 9.17) is 4.74 Å². The van der Waals surface area contributed by atoms with Crippen LogP contribution in [0.2, 0.25) is 0 Å². The van der Waals surface area contributed by atoms with Gasteiger partial charge in [0.05, 0.1) is 23.3 Å². The van der Waals surface area contributed by atoms with Gasteiger partial charge in [0.2, 0.25) is 10.0 Å². The van der Waals surface area contributed by atoms with E-state index in [2.05, 4.69) is 5.32 Å². The molecule has 0 aliphatic heterocycles. The van der Waals surface area contributed by atoms with Gasteiger partial charge in [-0.05, 0) is 42.5 Å². The van der Waals surface area contributed by atoms with E-state index >= 15 is 0 Å². The number of sulfonamides is 1. The fraction of sp³-hybridized carbons (Fsp3) is 0.185. The number of aromatic nitrogens is 1. The van der Waals surface area contributed by atoms with Gasteiger partial charge in [-0.25, -0.2) is 8.42 Å². The third kappa shape index (κ3) is 4.75. The van der Waals surface area contributed by atoms with Crippen molar-refractivity contribution in [1.29, 1.82) is 0 Å². The number of anilines is 1. The number of benzene rings is 3. The number of fused-ring (bicyclic) bond motifs is 1. The number of carbonyl (C=O) groups is 1. The average Bonchev–Trinajstić information content (AvgIpc) is 2.90.